The molecule has 0 radical (unpaired) electrons. The third-order valence-electron chi connectivity index (χ3n) is 5.56. The first-order chi connectivity index (χ1) is 15.2. The molecule has 3 aromatic carbocycles. The van der Waals surface area contributed by atoms with Gasteiger partial charge in [0.05, 0.1) is 6.61 Å². The molecule has 0 aliphatic carbocycles. The van der Waals surface area contributed by atoms with Gasteiger partial charge in [-0.25, -0.2) is 0 Å². The van der Waals surface area contributed by atoms with E-state index >= 15 is 0 Å². The Bertz CT molecular complexity index is 966. The van der Waals surface area contributed by atoms with Crippen molar-refractivity contribution in [1.29, 1.82) is 0 Å². The molecule has 0 saturated carbocycles. The predicted molar refractivity (Wildman–Crippen MR) is 122 cm³/mol. The molecule has 3 aromatic rings. The normalized spacial score (nSPS) is 26.2. The molecule has 0 unspecified atom stereocenters. The summed E-state index contributed by atoms with van der Waals surface area (Å²) in [6.07, 6.45) is -2.11. The summed E-state index contributed by atoms with van der Waals surface area (Å²) in [7, 11) is 0. The summed E-state index contributed by atoms with van der Waals surface area (Å²) < 4.78 is 11.7. The molecule has 5 atom stereocenters. The summed E-state index contributed by atoms with van der Waals surface area (Å²) in [5, 5.41) is 33.4. The minimum Gasteiger partial charge on any atom is -0.394 e. The molecule has 0 aromatic heterocycles. The SMILES string of the molecule is OC[C@H]1O[C@@H](Sc2ccc3ccccc3c2)[C@H](O)[C@@H](OCCCc2ccccc2)[C@H]1O. The molecule has 0 amide bonds. The second kappa shape index (κ2) is 10.6. The van der Waals surface area contributed by atoms with Crippen LogP contribution in [-0.4, -0.2) is 58.4 Å². The number of ether oxygens (including phenoxy) is 2. The Morgan fingerprint density at radius 1 is 0.871 bits per heavy atom. The Morgan fingerprint density at radius 3 is 2.39 bits per heavy atom. The molecule has 0 bridgehead atoms. The standard InChI is InChI=1S/C25H28O5S/c26-16-21-22(27)24(29-14-6-9-17-7-2-1-3-8-17)23(28)25(30-21)31-20-13-12-18-10-4-5-11-19(18)15-20/h1-5,7-8,10-13,15,21-28H,6,9,14,16H2/t21-,22+,23-,24+,25+/m1/s1. The quantitative estimate of drug-likeness (QED) is 0.466. The molecule has 4 rings (SSSR count). The highest BCUT2D eigenvalue weighted by molar-refractivity contribution is 7.99. The Hall–Kier alpha value is -1.93. The maximum Gasteiger partial charge on any atom is 0.136 e. The van der Waals surface area contributed by atoms with E-state index in [9.17, 15) is 15.3 Å². The van der Waals surface area contributed by atoms with E-state index in [1.54, 1.807) is 0 Å². The number of aryl methyl sites for hydroxylation is 1. The van der Waals surface area contributed by atoms with E-state index in [2.05, 4.69) is 12.1 Å². The van der Waals surface area contributed by atoms with E-state index in [0.29, 0.717) is 6.61 Å². The molecule has 5 nitrogen and oxygen atoms in total. The minimum atomic E-state index is -1.09. The van der Waals surface area contributed by atoms with Gasteiger partial charge in [0.1, 0.15) is 29.9 Å². The van der Waals surface area contributed by atoms with Crippen molar-refractivity contribution < 1.29 is 24.8 Å². The van der Waals surface area contributed by atoms with Crippen molar-refractivity contribution in [3.05, 3.63) is 78.4 Å². The number of thioether (sulfide) groups is 1. The van der Waals surface area contributed by atoms with Crippen LogP contribution in [0.2, 0.25) is 0 Å². The van der Waals surface area contributed by atoms with Gasteiger partial charge in [-0.15, -0.1) is 0 Å². The fraction of sp³-hybridized carbons (Fsp3) is 0.360. The minimum absolute atomic E-state index is 0.341. The summed E-state index contributed by atoms with van der Waals surface area (Å²) >= 11 is 1.37. The number of aliphatic hydroxyl groups excluding tert-OH is 3. The molecule has 31 heavy (non-hydrogen) atoms. The van der Waals surface area contributed by atoms with Gasteiger partial charge in [0, 0.05) is 11.5 Å². The molecule has 164 valence electrons. The fourth-order valence-electron chi connectivity index (χ4n) is 3.86. The number of fused-ring (bicyclic) bond motifs is 1. The number of hydrogen-bond donors (Lipinski definition) is 3. The van der Waals surface area contributed by atoms with E-state index in [-0.39, 0.29) is 6.61 Å². The summed E-state index contributed by atoms with van der Waals surface area (Å²) in [5.41, 5.74) is 0.568. The third kappa shape index (κ3) is 5.47. The van der Waals surface area contributed by atoms with Crippen molar-refractivity contribution in [2.75, 3.05) is 13.2 Å². The number of hydrogen-bond acceptors (Lipinski definition) is 6. The van der Waals surface area contributed by atoms with E-state index in [4.69, 9.17) is 9.47 Å². The zero-order valence-electron chi connectivity index (χ0n) is 17.2. The Labute approximate surface area is 186 Å². The zero-order valence-corrected chi connectivity index (χ0v) is 18.0. The van der Waals surface area contributed by atoms with Crippen LogP contribution in [0.4, 0.5) is 0 Å². The molecule has 1 fully saturated rings. The van der Waals surface area contributed by atoms with Crippen molar-refractivity contribution in [1.82, 2.24) is 0 Å². The fourth-order valence-corrected chi connectivity index (χ4v) is 4.97. The van der Waals surface area contributed by atoms with Crippen LogP contribution in [0.25, 0.3) is 10.8 Å². The van der Waals surface area contributed by atoms with Gasteiger partial charge in [-0.05, 0) is 41.3 Å². The van der Waals surface area contributed by atoms with Crippen LogP contribution >= 0.6 is 11.8 Å². The van der Waals surface area contributed by atoms with Crippen LogP contribution in [-0.2, 0) is 15.9 Å². The molecule has 1 aliphatic rings. The molecular weight excluding hydrogens is 412 g/mol. The second-order valence-corrected chi connectivity index (χ2v) is 8.93. The smallest absolute Gasteiger partial charge is 0.136 e. The van der Waals surface area contributed by atoms with Gasteiger partial charge in [0.2, 0.25) is 0 Å². The summed E-state index contributed by atoms with van der Waals surface area (Å²) in [4.78, 5) is 0.943. The van der Waals surface area contributed by atoms with Gasteiger partial charge in [-0.1, -0.05) is 72.4 Å². The van der Waals surface area contributed by atoms with E-state index < -0.39 is 29.9 Å². The maximum absolute atomic E-state index is 10.9. The average molecular weight is 441 g/mol. The lowest BCUT2D eigenvalue weighted by Gasteiger charge is -2.41. The highest BCUT2D eigenvalue weighted by Crippen LogP contribution is 2.35. The van der Waals surface area contributed by atoms with Crippen molar-refractivity contribution in [2.24, 2.45) is 0 Å². The van der Waals surface area contributed by atoms with E-state index in [1.165, 1.54) is 17.3 Å². The largest absolute Gasteiger partial charge is 0.394 e. The Morgan fingerprint density at radius 2 is 1.61 bits per heavy atom. The average Bonchev–Trinajstić information content (AvgIpc) is 2.81. The van der Waals surface area contributed by atoms with Gasteiger partial charge in [-0.2, -0.15) is 0 Å². The predicted octanol–water partition coefficient (Wildman–Crippen LogP) is 3.39. The zero-order chi connectivity index (χ0) is 21.6. The topological polar surface area (TPSA) is 79.2 Å². The lowest BCUT2D eigenvalue weighted by Crippen LogP contribution is -2.58. The monoisotopic (exact) mass is 440 g/mol. The molecule has 1 heterocycles. The van der Waals surface area contributed by atoms with Crippen molar-refractivity contribution >= 4 is 22.5 Å². The van der Waals surface area contributed by atoms with Gasteiger partial charge >= 0.3 is 0 Å². The van der Waals surface area contributed by atoms with Gasteiger partial charge in [0.25, 0.3) is 0 Å². The second-order valence-electron chi connectivity index (χ2n) is 7.76. The first kappa shape index (κ1) is 22.3. The summed E-state index contributed by atoms with van der Waals surface area (Å²) in [6, 6.07) is 24.3. The number of benzene rings is 3. The van der Waals surface area contributed by atoms with Crippen LogP contribution in [0.15, 0.2) is 77.7 Å². The molecule has 3 N–H and O–H groups in total. The van der Waals surface area contributed by atoms with Crippen LogP contribution in [0, 0.1) is 0 Å². The van der Waals surface area contributed by atoms with Gasteiger partial charge in [0.15, 0.2) is 0 Å². The van der Waals surface area contributed by atoms with Crippen molar-refractivity contribution in [2.45, 2.75) is 47.6 Å². The number of rotatable bonds is 8. The molecular formula is C25H28O5S. The van der Waals surface area contributed by atoms with Crippen LogP contribution < -0.4 is 0 Å². The maximum atomic E-state index is 10.9. The number of aliphatic hydroxyl groups is 3. The Kier molecular flexibility index (Phi) is 7.61. The highest BCUT2D eigenvalue weighted by Gasteiger charge is 2.45. The van der Waals surface area contributed by atoms with Crippen molar-refractivity contribution in [3.8, 4) is 0 Å². The first-order valence-electron chi connectivity index (χ1n) is 10.6. The summed E-state index contributed by atoms with van der Waals surface area (Å²) in [5.74, 6) is 0. The summed E-state index contributed by atoms with van der Waals surface area (Å²) in [6.45, 7) is 0.0612. The van der Waals surface area contributed by atoms with Crippen LogP contribution in [0.1, 0.15) is 12.0 Å². The first-order valence-corrected chi connectivity index (χ1v) is 11.5. The molecule has 6 heteroatoms. The molecule has 0 spiro atoms. The Balaban J connectivity index is 1.40. The molecule has 1 saturated heterocycles. The van der Waals surface area contributed by atoms with Gasteiger partial charge < -0.3 is 24.8 Å². The lowest BCUT2D eigenvalue weighted by atomic mass is 10.00. The van der Waals surface area contributed by atoms with E-state index in [0.717, 1.165) is 28.5 Å². The van der Waals surface area contributed by atoms with Crippen molar-refractivity contribution in [3.63, 3.8) is 0 Å². The van der Waals surface area contributed by atoms with Crippen LogP contribution in [0.5, 0.6) is 0 Å². The molecule has 1 aliphatic heterocycles. The van der Waals surface area contributed by atoms with E-state index in [1.807, 2.05) is 60.7 Å². The lowest BCUT2D eigenvalue weighted by molar-refractivity contribution is -0.220. The van der Waals surface area contributed by atoms with Crippen LogP contribution in [0.3, 0.4) is 0 Å². The highest BCUT2D eigenvalue weighted by atomic mass is 32.2. The third-order valence-corrected chi connectivity index (χ3v) is 6.71. The van der Waals surface area contributed by atoms with Gasteiger partial charge in [-0.3, -0.25) is 0 Å².